The highest BCUT2D eigenvalue weighted by Crippen LogP contribution is 2.25. The van der Waals surface area contributed by atoms with E-state index in [1.54, 1.807) is 58.3 Å². The summed E-state index contributed by atoms with van der Waals surface area (Å²) in [5, 5.41) is 17.3. The molecule has 0 spiro atoms. The lowest BCUT2D eigenvalue weighted by atomic mass is 10.1. The van der Waals surface area contributed by atoms with Gasteiger partial charge in [-0.05, 0) is 101 Å². The Hall–Kier alpha value is -4.18. The maximum atomic E-state index is 13.0. The largest absolute Gasteiger partial charge is 0.350 e. The van der Waals surface area contributed by atoms with Crippen molar-refractivity contribution in [1.29, 1.82) is 0 Å². The Labute approximate surface area is 402 Å². The maximum absolute atomic E-state index is 13.0. The summed E-state index contributed by atoms with van der Waals surface area (Å²) in [6, 6.07) is 27.5. The summed E-state index contributed by atoms with van der Waals surface area (Å²) in [4.78, 5) is 54.6. The van der Waals surface area contributed by atoms with Gasteiger partial charge in [-0.25, -0.2) is 0 Å². The Morgan fingerprint density at radius 3 is 1.45 bits per heavy atom. The molecule has 8 N–H and O–H groups in total. The minimum Gasteiger partial charge on any atom is -0.350 e. The number of benzene rings is 5. The molecule has 64 heavy (non-hydrogen) atoms. The van der Waals surface area contributed by atoms with Crippen LogP contribution in [0.5, 0.6) is 0 Å². The number of carbonyl (C=O) groups excluding carboxylic acids is 4. The predicted octanol–water partition coefficient (Wildman–Crippen LogP) is 7.34. The molecule has 5 aromatic rings. The molecule has 2 heterocycles. The first-order valence-corrected chi connectivity index (χ1v) is 22.9. The van der Waals surface area contributed by atoms with Gasteiger partial charge in [0.2, 0.25) is 11.8 Å². The number of halogens is 6. The number of hydrogen-bond donors (Lipinski definition) is 6. The van der Waals surface area contributed by atoms with Crippen LogP contribution in [0.25, 0.3) is 10.8 Å². The average Bonchev–Trinajstić information content (AvgIpc) is 3.51. The van der Waals surface area contributed by atoms with Gasteiger partial charge in [0.1, 0.15) is 0 Å². The van der Waals surface area contributed by atoms with Crippen LogP contribution in [-0.2, 0) is 22.7 Å². The van der Waals surface area contributed by atoms with Crippen LogP contribution in [0.15, 0.2) is 97.1 Å². The summed E-state index contributed by atoms with van der Waals surface area (Å²) in [5.74, 6) is -0.590. The standard InChI is InChI=1S/C25H26Cl2N4O2.C21H22Cl4N4O2/c26-20-9-16(10-21(27)12-20)15-31-8-7-22(30-23(13-28)25(31)33)14-29-24(32)19-6-5-17-3-1-2-4-18(17)11-19;22-14-5-12(6-15(23)8-14)11-29-4-3-16(28-19(9-26)21(29)31)10-27-20(30)13-1-2-17(24)18(25)7-13/h1-6,9-12,22-23,30H,7-8,13-15,28H2,(H,29,32);1-2,5-8,16,19,28H,3-4,9-11,26H2,(H,27,30)/t22-,23-;16-,19-/m00/s1. The van der Waals surface area contributed by atoms with Crippen molar-refractivity contribution >= 4 is 104 Å². The molecule has 0 aromatic heterocycles. The molecule has 0 saturated carbocycles. The van der Waals surface area contributed by atoms with Crippen LogP contribution in [0, 0.1) is 0 Å². The van der Waals surface area contributed by atoms with E-state index in [1.165, 1.54) is 6.07 Å². The topological polar surface area (TPSA) is 175 Å². The van der Waals surface area contributed by atoms with Crippen molar-refractivity contribution in [2.75, 3.05) is 39.3 Å². The molecule has 4 amide bonds. The third kappa shape index (κ3) is 13.7. The second kappa shape index (κ2) is 23.3. The van der Waals surface area contributed by atoms with E-state index in [9.17, 15) is 19.2 Å². The zero-order valence-electron chi connectivity index (χ0n) is 34.6. The molecule has 18 heteroatoms. The summed E-state index contributed by atoms with van der Waals surface area (Å²) in [6.07, 6.45) is 1.31. The molecule has 0 bridgehead atoms. The van der Waals surface area contributed by atoms with Crippen molar-refractivity contribution < 1.29 is 19.2 Å². The number of carbonyl (C=O) groups is 4. The van der Waals surface area contributed by atoms with Gasteiger partial charge in [0.05, 0.1) is 22.1 Å². The molecule has 2 aliphatic heterocycles. The van der Waals surface area contributed by atoms with Gasteiger partial charge in [-0.15, -0.1) is 0 Å². The van der Waals surface area contributed by atoms with Gasteiger partial charge >= 0.3 is 0 Å². The van der Waals surface area contributed by atoms with Crippen LogP contribution in [0.1, 0.15) is 44.7 Å². The molecule has 338 valence electrons. The smallest absolute Gasteiger partial charge is 0.251 e. The zero-order valence-corrected chi connectivity index (χ0v) is 39.1. The van der Waals surface area contributed by atoms with Crippen LogP contribution in [-0.4, -0.2) is 96.9 Å². The maximum Gasteiger partial charge on any atom is 0.251 e. The minimum atomic E-state index is -0.552. The normalized spacial score (nSPS) is 19.1. The molecule has 7 rings (SSSR count). The van der Waals surface area contributed by atoms with E-state index in [2.05, 4.69) is 21.3 Å². The Bertz CT molecular complexity index is 2440. The number of amides is 4. The molecule has 5 aromatic carbocycles. The lowest BCUT2D eigenvalue weighted by molar-refractivity contribution is -0.133. The summed E-state index contributed by atoms with van der Waals surface area (Å²) in [5.41, 5.74) is 14.4. The summed E-state index contributed by atoms with van der Waals surface area (Å²) in [7, 11) is 0. The second-order valence-electron chi connectivity index (χ2n) is 15.6. The zero-order chi connectivity index (χ0) is 45.9. The highest BCUT2D eigenvalue weighted by atomic mass is 35.5. The lowest BCUT2D eigenvalue weighted by Crippen LogP contribution is -2.52. The summed E-state index contributed by atoms with van der Waals surface area (Å²) in [6.45, 7) is 2.84. The molecule has 0 radical (unpaired) electrons. The highest BCUT2D eigenvalue weighted by molar-refractivity contribution is 6.42. The summed E-state index contributed by atoms with van der Waals surface area (Å²) >= 11 is 36.3. The van der Waals surface area contributed by atoms with Crippen molar-refractivity contribution in [3.63, 3.8) is 0 Å². The molecule has 2 fully saturated rings. The summed E-state index contributed by atoms with van der Waals surface area (Å²) < 4.78 is 0. The quantitative estimate of drug-likeness (QED) is 0.0753. The van der Waals surface area contributed by atoms with Crippen molar-refractivity contribution in [3.05, 3.63) is 149 Å². The Balaban J connectivity index is 0.000000213. The van der Waals surface area contributed by atoms with Gasteiger partial charge in [-0.2, -0.15) is 0 Å². The van der Waals surface area contributed by atoms with Crippen LogP contribution in [0.4, 0.5) is 0 Å². The van der Waals surface area contributed by atoms with Crippen LogP contribution in [0.2, 0.25) is 30.1 Å². The molecule has 0 aliphatic carbocycles. The van der Waals surface area contributed by atoms with Crippen LogP contribution in [0.3, 0.4) is 0 Å². The van der Waals surface area contributed by atoms with Crippen LogP contribution >= 0.6 is 69.6 Å². The number of fused-ring (bicyclic) bond motifs is 1. The fraction of sp³-hybridized carbons (Fsp3) is 0.304. The van der Waals surface area contributed by atoms with Gasteiger partial charge in [-0.3, -0.25) is 19.2 Å². The number of rotatable bonds is 12. The number of hydrogen-bond acceptors (Lipinski definition) is 8. The Morgan fingerprint density at radius 1 is 0.562 bits per heavy atom. The number of nitrogens with one attached hydrogen (secondary N) is 4. The van der Waals surface area contributed by atoms with Crippen molar-refractivity contribution in [1.82, 2.24) is 31.1 Å². The van der Waals surface area contributed by atoms with E-state index in [4.69, 9.17) is 81.1 Å². The first kappa shape index (κ1) is 49.3. The fourth-order valence-electron chi connectivity index (χ4n) is 7.59. The van der Waals surface area contributed by atoms with Gasteiger partial charge < -0.3 is 42.5 Å². The van der Waals surface area contributed by atoms with Crippen molar-refractivity contribution in [2.24, 2.45) is 11.5 Å². The van der Waals surface area contributed by atoms with Crippen LogP contribution < -0.4 is 32.7 Å². The van der Waals surface area contributed by atoms with E-state index in [0.29, 0.717) is 93.4 Å². The number of nitrogens with zero attached hydrogens (tertiary/aromatic N) is 2. The average molecular weight is 990 g/mol. The van der Waals surface area contributed by atoms with E-state index in [-0.39, 0.29) is 48.8 Å². The Kier molecular flexibility index (Phi) is 18.0. The second-order valence-corrected chi connectivity index (χ2v) is 18.1. The third-order valence-electron chi connectivity index (χ3n) is 10.9. The van der Waals surface area contributed by atoms with Gasteiger partial charge in [0.15, 0.2) is 0 Å². The van der Waals surface area contributed by atoms with E-state index in [1.807, 2.05) is 42.5 Å². The molecular formula is C46H48Cl6N8O4. The van der Waals surface area contributed by atoms with Crippen molar-refractivity contribution in [2.45, 2.75) is 50.1 Å². The third-order valence-corrected chi connectivity index (χ3v) is 12.5. The first-order valence-electron chi connectivity index (χ1n) is 20.6. The number of nitrogens with two attached hydrogens (primary N) is 2. The van der Waals surface area contributed by atoms with E-state index < -0.39 is 12.1 Å². The van der Waals surface area contributed by atoms with Gasteiger partial charge in [-0.1, -0.05) is 99.9 Å². The monoisotopic (exact) mass is 986 g/mol. The highest BCUT2D eigenvalue weighted by Gasteiger charge is 2.32. The molecule has 4 atom stereocenters. The first-order chi connectivity index (χ1) is 30.7. The van der Waals surface area contributed by atoms with Gasteiger partial charge in [0, 0.05) is 95.7 Å². The SMILES string of the molecule is NC[C@@H]1N[C@H](CNC(=O)c2ccc(Cl)c(Cl)c2)CCN(Cc2cc(Cl)cc(Cl)c2)C1=O.NC[C@@H]1N[C@H](CNC(=O)c2ccc3ccccc3c2)CCN(Cc2cc(Cl)cc(Cl)c2)C1=O. The lowest BCUT2D eigenvalue weighted by Gasteiger charge is -2.24. The fourth-order valence-corrected chi connectivity index (χ4v) is 9.03. The molecule has 2 saturated heterocycles. The van der Waals surface area contributed by atoms with Crippen molar-refractivity contribution in [3.8, 4) is 0 Å². The molecule has 2 aliphatic rings. The van der Waals surface area contributed by atoms with E-state index in [0.717, 1.165) is 21.9 Å². The molecular weight excluding hydrogens is 941 g/mol. The Morgan fingerprint density at radius 2 is 1.00 bits per heavy atom. The van der Waals surface area contributed by atoms with Gasteiger partial charge in [0.25, 0.3) is 11.8 Å². The predicted molar refractivity (Wildman–Crippen MR) is 258 cm³/mol. The molecule has 12 nitrogen and oxygen atoms in total. The molecule has 0 unspecified atom stereocenters. The minimum absolute atomic E-state index is 0.0723. The van der Waals surface area contributed by atoms with E-state index >= 15 is 0 Å².